The van der Waals surface area contributed by atoms with Crippen LogP contribution in [-0.2, 0) is 9.53 Å². The Kier molecular flexibility index (Phi) is 6.70. The maximum Gasteiger partial charge on any atom is 0.239 e. The number of methoxy groups -OCH3 is 1. The molecular formula is C13H21ClN4O2. The number of hydrogen-bond donors (Lipinski definition) is 2. The van der Waals surface area contributed by atoms with Gasteiger partial charge in [-0.2, -0.15) is 0 Å². The van der Waals surface area contributed by atoms with Gasteiger partial charge in [0.25, 0.3) is 0 Å². The summed E-state index contributed by atoms with van der Waals surface area (Å²) in [4.78, 5) is 18.2. The van der Waals surface area contributed by atoms with Gasteiger partial charge < -0.3 is 20.7 Å². The first-order valence-corrected chi connectivity index (χ1v) is 6.41. The fourth-order valence-corrected chi connectivity index (χ4v) is 2.19. The van der Waals surface area contributed by atoms with Gasteiger partial charge in [0.15, 0.2) is 0 Å². The van der Waals surface area contributed by atoms with Gasteiger partial charge in [-0.25, -0.2) is 4.98 Å². The first-order valence-electron chi connectivity index (χ1n) is 6.41. The van der Waals surface area contributed by atoms with Gasteiger partial charge in [0.2, 0.25) is 5.91 Å². The maximum absolute atomic E-state index is 11.8. The van der Waals surface area contributed by atoms with Crippen LogP contribution in [0.2, 0.25) is 0 Å². The second-order valence-electron chi connectivity index (χ2n) is 4.69. The number of ether oxygens (including phenoxy) is 1. The summed E-state index contributed by atoms with van der Waals surface area (Å²) in [6.45, 7) is 1.90. The van der Waals surface area contributed by atoms with E-state index >= 15 is 0 Å². The molecule has 1 saturated heterocycles. The third kappa shape index (κ3) is 4.33. The van der Waals surface area contributed by atoms with Gasteiger partial charge in [0.1, 0.15) is 11.9 Å². The number of amides is 1. The number of nitrogens with one attached hydrogen (secondary N) is 1. The summed E-state index contributed by atoms with van der Waals surface area (Å²) in [5.74, 6) is 0.787. The highest BCUT2D eigenvalue weighted by Gasteiger charge is 2.26. The molecule has 1 amide bonds. The zero-order valence-corrected chi connectivity index (χ0v) is 12.3. The fourth-order valence-electron chi connectivity index (χ4n) is 2.19. The molecule has 1 aromatic rings. The molecule has 20 heavy (non-hydrogen) atoms. The van der Waals surface area contributed by atoms with Crippen LogP contribution in [-0.4, -0.2) is 49.8 Å². The molecule has 0 aromatic carbocycles. The SMILES string of the molecule is COCC(N)C(=O)NC1CCN(c2ccccn2)C1.Cl. The predicted molar refractivity (Wildman–Crippen MR) is 80.1 cm³/mol. The zero-order valence-electron chi connectivity index (χ0n) is 11.5. The van der Waals surface area contributed by atoms with Crippen molar-refractivity contribution in [1.82, 2.24) is 10.3 Å². The number of nitrogens with two attached hydrogens (primary N) is 1. The van der Waals surface area contributed by atoms with Gasteiger partial charge in [0, 0.05) is 32.4 Å². The number of hydrogen-bond acceptors (Lipinski definition) is 5. The quantitative estimate of drug-likeness (QED) is 0.810. The maximum atomic E-state index is 11.8. The molecule has 0 saturated carbocycles. The lowest BCUT2D eigenvalue weighted by atomic mass is 10.2. The minimum atomic E-state index is -0.603. The Morgan fingerprint density at radius 1 is 1.65 bits per heavy atom. The van der Waals surface area contributed by atoms with Crippen LogP contribution in [0.25, 0.3) is 0 Å². The fraction of sp³-hybridized carbons (Fsp3) is 0.538. The van der Waals surface area contributed by atoms with Crippen LogP contribution in [0.3, 0.4) is 0 Å². The molecule has 112 valence electrons. The van der Waals surface area contributed by atoms with Crippen molar-refractivity contribution in [3.8, 4) is 0 Å². The van der Waals surface area contributed by atoms with Gasteiger partial charge in [-0.05, 0) is 18.6 Å². The van der Waals surface area contributed by atoms with Gasteiger partial charge in [-0.3, -0.25) is 4.79 Å². The molecule has 0 bridgehead atoms. The van der Waals surface area contributed by atoms with E-state index in [9.17, 15) is 4.79 Å². The van der Waals surface area contributed by atoms with Crippen molar-refractivity contribution < 1.29 is 9.53 Å². The third-order valence-corrected chi connectivity index (χ3v) is 3.19. The topological polar surface area (TPSA) is 80.5 Å². The first kappa shape index (κ1) is 16.7. The average Bonchev–Trinajstić information content (AvgIpc) is 2.88. The highest BCUT2D eigenvalue weighted by Crippen LogP contribution is 2.17. The molecule has 1 aromatic heterocycles. The summed E-state index contributed by atoms with van der Waals surface area (Å²) in [6, 6.07) is 5.35. The highest BCUT2D eigenvalue weighted by molar-refractivity contribution is 5.85. The van der Waals surface area contributed by atoms with Crippen molar-refractivity contribution in [2.45, 2.75) is 18.5 Å². The van der Waals surface area contributed by atoms with Gasteiger partial charge in [-0.15, -0.1) is 12.4 Å². The van der Waals surface area contributed by atoms with E-state index in [0.29, 0.717) is 0 Å². The van der Waals surface area contributed by atoms with Crippen molar-refractivity contribution in [3.63, 3.8) is 0 Å². The van der Waals surface area contributed by atoms with Gasteiger partial charge in [-0.1, -0.05) is 6.07 Å². The summed E-state index contributed by atoms with van der Waals surface area (Å²) in [5.41, 5.74) is 5.69. The van der Waals surface area contributed by atoms with Crippen molar-refractivity contribution in [2.24, 2.45) is 5.73 Å². The lowest BCUT2D eigenvalue weighted by molar-refractivity contribution is -0.124. The number of aromatic nitrogens is 1. The summed E-state index contributed by atoms with van der Waals surface area (Å²) >= 11 is 0. The van der Waals surface area contributed by atoms with E-state index in [2.05, 4.69) is 15.2 Å². The van der Waals surface area contributed by atoms with Crippen molar-refractivity contribution in [3.05, 3.63) is 24.4 Å². The number of rotatable bonds is 5. The Morgan fingerprint density at radius 2 is 2.45 bits per heavy atom. The molecule has 6 nitrogen and oxygen atoms in total. The average molecular weight is 301 g/mol. The molecule has 7 heteroatoms. The van der Waals surface area contributed by atoms with Gasteiger partial charge in [0.05, 0.1) is 6.61 Å². The van der Waals surface area contributed by atoms with Crippen LogP contribution in [0.15, 0.2) is 24.4 Å². The van der Waals surface area contributed by atoms with E-state index in [-0.39, 0.29) is 31.0 Å². The molecule has 3 N–H and O–H groups in total. The predicted octanol–water partition coefficient (Wildman–Crippen LogP) is 0.172. The molecule has 2 unspecified atom stereocenters. The molecule has 2 atom stereocenters. The van der Waals surface area contributed by atoms with E-state index in [4.69, 9.17) is 10.5 Å². The lowest BCUT2D eigenvalue weighted by Gasteiger charge is -2.19. The number of nitrogens with zero attached hydrogens (tertiary/aromatic N) is 2. The van der Waals surface area contributed by atoms with E-state index in [1.54, 1.807) is 6.20 Å². The van der Waals surface area contributed by atoms with E-state index < -0.39 is 6.04 Å². The van der Waals surface area contributed by atoms with Crippen LogP contribution in [0.4, 0.5) is 5.82 Å². The second-order valence-corrected chi connectivity index (χ2v) is 4.69. The molecule has 1 fully saturated rings. The zero-order chi connectivity index (χ0) is 13.7. The Balaban J connectivity index is 0.00000200. The Bertz CT molecular complexity index is 418. The van der Waals surface area contributed by atoms with E-state index in [1.165, 1.54) is 7.11 Å². The third-order valence-electron chi connectivity index (χ3n) is 3.19. The van der Waals surface area contributed by atoms with Crippen molar-refractivity contribution >= 4 is 24.1 Å². The number of carbonyl (C=O) groups excluding carboxylic acids is 1. The summed E-state index contributed by atoms with van der Waals surface area (Å²) in [7, 11) is 1.53. The van der Waals surface area contributed by atoms with Crippen LogP contribution < -0.4 is 16.0 Å². The molecular weight excluding hydrogens is 280 g/mol. The lowest BCUT2D eigenvalue weighted by Crippen LogP contribution is -2.48. The Hall–Kier alpha value is -1.37. The first-order chi connectivity index (χ1) is 9.20. The molecule has 2 heterocycles. The standard InChI is InChI=1S/C13H20N4O2.ClH/c1-19-9-11(14)13(18)16-10-5-7-17(8-10)12-4-2-3-6-15-12;/h2-4,6,10-11H,5,7-9,14H2,1H3,(H,16,18);1H. The Morgan fingerprint density at radius 3 is 3.10 bits per heavy atom. The van der Waals surface area contributed by atoms with E-state index in [1.807, 2.05) is 18.2 Å². The van der Waals surface area contributed by atoms with Crippen LogP contribution in [0, 0.1) is 0 Å². The number of halogens is 1. The largest absolute Gasteiger partial charge is 0.383 e. The molecule has 0 aliphatic carbocycles. The Labute approximate surface area is 125 Å². The van der Waals surface area contributed by atoms with Crippen LogP contribution >= 0.6 is 12.4 Å². The smallest absolute Gasteiger partial charge is 0.239 e. The summed E-state index contributed by atoms with van der Waals surface area (Å²) in [6.07, 6.45) is 2.68. The minimum Gasteiger partial charge on any atom is -0.383 e. The molecule has 0 spiro atoms. The molecule has 2 rings (SSSR count). The van der Waals surface area contributed by atoms with Crippen molar-refractivity contribution in [1.29, 1.82) is 0 Å². The van der Waals surface area contributed by atoms with Crippen LogP contribution in [0.1, 0.15) is 6.42 Å². The van der Waals surface area contributed by atoms with Gasteiger partial charge >= 0.3 is 0 Å². The molecule has 1 aliphatic heterocycles. The normalized spacial score (nSPS) is 19.3. The minimum absolute atomic E-state index is 0. The molecule has 0 radical (unpaired) electrons. The number of pyridine rings is 1. The summed E-state index contributed by atoms with van der Waals surface area (Å²) < 4.78 is 4.87. The second kappa shape index (κ2) is 8.04. The monoisotopic (exact) mass is 300 g/mol. The number of carbonyl (C=O) groups is 1. The van der Waals surface area contributed by atoms with Crippen LogP contribution in [0.5, 0.6) is 0 Å². The highest BCUT2D eigenvalue weighted by atomic mass is 35.5. The molecule has 1 aliphatic rings. The summed E-state index contributed by atoms with van der Waals surface area (Å²) in [5, 5.41) is 2.95. The van der Waals surface area contributed by atoms with E-state index in [0.717, 1.165) is 25.3 Å². The van der Waals surface area contributed by atoms with Crippen molar-refractivity contribution in [2.75, 3.05) is 31.7 Å². The number of anilines is 1.